The third-order valence-electron chi connectivity index (χ3n) is 3.28. The van der Waals surface area contributed by atoms with E-state index in [2.05, 4.69) is 0 Å². The predicted octanol–water partition coefficient (Wildman–Crippen LogP) is 0.867. The third-order valence-corrected chi connectivity index (χ3v) is 3.28. The van der Waals surface area contributed by atoms with Gasteiger partial charge in [0.15, 0.2) is 6.10 Å². The van der Waals surface area contributed by atoms with Gasteiger partial charge in [-0.05, 0) is 13.0 Å². The van der Waals surface area contributed by atoms with E-state index in [1.165, 1.54) is 5.01 Å². The van der Waals surface area contributed by atoms with E-state index in [0.717, 1.165) is 0 Å². The van der Waals surface area contributed by atoms with Crippen LogP contribution in [0.5, 0.6) is 0 Å². The Bertz CT molecular complexity index is 518. The monoisotopic (exact) mass is 278 g/mol. The molecule has 0 aliphatic carbocycles. The van der Waals surface area contributed by atoms with E-state index in [1.54, 1.807) is 43.2 Å². The number of anilines is 1. The lowest BCUT2D eigenvalue weighted by molar-refractivity contribution is -0.153. The summed E-state index contributed by atoms with van der Waals surface area (Å²) >= 11 is 0. The van der Waals surface area contributed by atoms with Crippen LogP contribution in [0.1, 0.15) is 25.0 Å². The smallest absolute Gasteiger partial charge is 0.339 e. The van der Waals surface area contributed by atoms with Gasteiger partial charge in [0.1, 0.15) is 0 Å². The molecular formula is C14H18N2O4. The second-order valence-electron chi connectivity index (χ2n) is 4.50. The van der Waals surface area contributed by atoms with E-state index in [9.17, 15) is 14.7 Å². The van der Waals surface area contributed by atoms with Gasteiger partial charge in [0, 0.05) is 25.6 Å². The van der Waals surface area contributed by atoms with Crippen LogP contribution in [0.3, 0.4) is 0 Å². The summed E-state index contributed by atoms with van der Waals surface area (Å²) in [4.78, 5) is 23.3. The van der Waals surface area contributed by atoms with E-state index < -0.39 is 12.1 Å². The summed E-state index contributed by atoms with van der Waals surface area (Å²) in [7, 11) is 1.67. The molecule has 20 heavy (non-hydrogen) atoms. The van der Waals surface area contributed by atoms with Crippen molar-refractivity contribution in [3.63, 3.8) is 0 Å². The molecule has 1 unspecified atom stereocenters. The number of aliphatic hydroxyl groups excluding tert-OH is 1. The average molecular weight is 278 g/mol. The Morgan fingerprint density at radius 3 is 2.75 bits per heavy atom. The molecule has 6 heteroatoms. The van der Waals surface area contributed by atoms with Gasteiger partial charge in [0.25, 0.3) is 0 Å². The van der Waals surface area contributed by atoms with E-state index in [-0.39, 0.29) is 12.5 Å². The van der Waals surface area contributed by atoms with E-state index in [0.29, 0.717) is 24.2 Å². The Morgan fingerprint density at radius 2 is 2.15 bits per heavy atom. The fourth-order valence-electron chi connectivity index (χ4n) is 2.23. The third kappa shape index (κ3) is 2.60. The first-order chi connectivity index (χ1) is 9.56. The van der Waals surface area contributed by atoms with Gasteiger partial charge < -0.3 is 9.84 Å². The highest BCUT2D eigenvalue weighted by Gasteiger charge is 2.30. The normalized spacial score (nSPS) is 16.4. The number of esters is 1. The van der Waals surface area contributed by atoms with Crippen molar-refractivity contribution in [2.24, 2.45) is 0 Å². The number of benzene rings is 1. The van der Waals surface area contributed by atoms with Crippen LogP contribution >= 0.6 is 0 Å². The van der Waals surface area contributed by atoms with Gasteiger partial charge in [0.2, 0.25) is 5.91 Å². The molecule has 1 aromatic carbocycles. The van der Waals surface area contributed by atoms with E-state index >= 15 is 0 Å². The van der Waals surface area contributed by atoms with Crippen LogP contribution < -0.4 is 5.01 Å². The minimum absolute atomic E-state index is 0.00503. The summed E-state index contributed by atoms with van der Waals surface area (Å²) in [6.07, 6.45) is -0.935. The molecule has 1 atom stereocenters. The van der Waals surface area contributed by atoms with Crippen LogP contribution in [0.2, 0.25) is 0 Å². The zero-order valence-corrected chi connectivity index (χ0v) is 11.6. The van der Waals surface area contributed by atoms with E-state index in [1.807, 2.05) is 0 Å². The molecule has 1 N–H and O–H groups in total. The van der Waals surface area contributed by atoms with Crippen molar-refractivity contribution >= 4 is 17.6 Å². The van der Waals surface area contributed by atoms with Crippen LogP contribution in [0.4, 0.5) is 5.69 Å². The highest BCUT2D eigenvalue weighted by molar-refractivity contribution is 5.83. The molecule has 0 bridgehead atoms. The number of carbonyl (C=O) groups excluding carboxylic acids is 2. The maximum absolute atomic E-state index is 11.7. The lowest BCUT2D eigenvalue weighted by Gasteiger charge is -2.29. The molecule has 0 saturated carbocycles. The Morgan fingerprint density at radius 1 is 1.45 bits per heavy atom. The number of rotatable bonds is 4. The van der Waals surface area contributed by atoms with Crippen molar-refractivity contribution in [2.45, 2.75) is 19.4 Å². The summed E-state index contributed by atoms with van der Waals surface area (Å²) in [5.74, 6) is -0.682. The lowest BCUT2D eigenvalue weighted by Crippen LogP contribution is -2.36. The molecule has 6 nitrogen and oxygen atoms in total. The number of hydrazine groups is 1. The molecule has 0 aromatic heterocycles. The molecule has 1 heterocycles. The standard InChI is InChI=1S/C14H18N2O4/c1-3-20-14(19)13(18)10-6-4-5-7-11(10)16-9-8-12(17)15(16)2/h4-7,13,18H,3,8-9H2,1-2H3. The topological polar surface area (TPSA) is 70.1 Å². The zero-order valence-electron chi connectivity index (χ0n) is 11.6. The number of aliphatic hydroxyl groups is 1. The molecule has 108 valence electrons. The number of hydrogen-bond acceptors (Lipinski definition) is 5. The second-order valence-corrected chi connectivity index (χ2v) is 4.50. The molecule has 1 amide bonds. The van der Waals surface area contributed by atoms with Crippen molar-refractivity contribution in [1.82, 2.24) is 5.01 Å². The van der Waals surface area contributed by atoms with Gasteiger partial charge in [-0.15, -0.1) is 0 Å². The molecule has 2 rings (SSSR count). The molecule has 0 radical (unpaired) electrons. The highest BCUT2D eigenvalue weighted by atomic mass is 16.5. The van der Waals surface area contributed by atoms with Crippen molar-refractivity contribution < 1.29 is 19.4 Å². The Balaban J connectivity index is 2.31. The predicted molar refractivity (Wildman–Crippen MR) is 72.8 cm³/mol. The Labute approximate surface area is 117 Å². The van der Waals surface area contributed by atoms with Crippen molar-refractivity contribution in [1.29, 1.82) is 0 Å². The molecule has 0 spiro atoms. The number of para-hydroxylation sites is 1. The highest BCUT2D eigenvalue weighted by Crippen LogP contribution is 2.30. The zero-order chi connectivity index (χ0) is 14.7. The maximum Gasteiger partial charge on any atom is 0.339 e. The van der Waals surface area contributed by atoms with Gasteiger partial charge in [-0.2, -0.15) is 0 Å². The molecular weight excluding hydrogens is 260 g/mol. The van der Waals surface area contributed by atoms with Gasteiger partial charge >= 0.3 is 5.97 Å². The molecule has 1 fully saturated rings. The van der Waals surface area contributed by atoms with Crippen LogP contribution in [-0.4, -0.2) is 42.2 Å². The number of nitrogens with zero attached hydrogens (tertiary/aromatic N) is 2. The Kier molecular flexibility index (Phi) is 4.24. The fourth-order valence-corrected chi connectivity index (χ4v) is 2.23. The van der Waals surface area contributed by atoms with Crippen molar-refractivity contribution in [3.8, 4) is 0 Å². The van der Waals surface area contributed by atoms with Crippen LogP contribution in [0.15, 0.2) is 24.3 Å². The van der Waals surface area contributed by atoms with Gasteiger partial charge in [-0.1, -0.05) is 18.2 Å². The van der Waals surface area contributed by atoms with E-state index in [4.69, 9.17) is 4.74 Å². The van der Waals surface area contributed by atoms with Crippen LogP contribution in [0.25, 0.3) is 0 Å². The quantitative estimate of drug-likeness (QED) is 0.827. The van der Waals surface area contributed by atoms with Crippen LogP contribution in [-0.2, 0) is 14.3 Å². The summed E-state index contributed by atoms with van der Waals surface area (Å²) in [5.41, 5.74) is 1.08. The first-order valence-electron chi connectivity index (χ1n) is 6.54. The van der Waals surface area contributed by atoms with Gasteiger partial charge in [0.05, 0.1) is 12.3 Å². The molecule has 1 aliphatic rings. The SMILES string of the molecule is CCOC(=O)C(O)c1ccccc1N1CCC(=O)N1C. The number of amides is 1. The maximum atomic E-state index is 11.7. The second kappa shape index (κ2) is 5.92. The van der Waals surface area contributed by atoms with Gasteiger partial charge in [-0.25, -0.2) is 4.79 Å². The summed E-state index contributed by atoms with van der Waals surface area (Å²) in [6.45, 7) is 2.42. The van der Waals surface area contributed by atoms with Gasteiger partial charge in [-0.3, -0.25) is 14.8 Å². The lowest BCUT2D eigenvalue weighted by atomic mass is 10.1. The first-order valence-corrected chi connectivity index (χ1v) is 6.54. The number of carbonyl (C=O) groups is 2. The molecule has 1 aliphatic heterocycles. The largest absolute Gasteiger partial charge is 0.464 e. The first kappa shape index (κ1) is 14.3. The fraction of sp³-hybridized carbons (Fsp3) is 0.429. The summed E-state index contributed by atoms with van der Waals surface area (Å²) < 4.78 is 4.84. The average Bonchev–Trinajstić information content (AvgIpc) is 2.78. The number of ether oxygens (including phenoxy) is 1. The summed E-state index contributed by atoms with van der Waals surface area (Å²) in [6, 6.07) is 6.97. The van der Waals surface area contributed by atoms with Crippen molar-refractivity contribution in [2.75, 3.05) is 25.2 Å². The minimum atomic E-state index is -1.35. The van der Waals surface area contributed by atoms with Crippen molar-refractivity contribution in [3.05, 3.63) is 29.8 Å². The van der Waals surface area contributed by atoms with Crippen LogP contribution in [0, 0.1) is 0 Å². The summed E-state index contributed by atoms with van der Waals surface area (Å²) in [5, 5.41) is 13.4. The Hall–Kier alpha value is -2.08. The molecule has 1 saturated heterocycles. The minimum Gasteiger partial charge on any atom is -0.464 e. The number of hydrogen-bond donors (Lipinski definition) is 1. The molecule has 1 aromatic rings.